The number of carbonyl (C=O) groups excluding carboxylic acids is 1. The van der Waals surface area contributed by atoms with Crippen molar-refractivity contribution in [1.82, 2.24) is 9.88 Å². The van der Waals surface area contributed by atoms with Gasteiger partial charge < -0.3 is 19.9 Å². The largest absolute Gasteiger partial charge is 0.748 e. The molecule has 3 rings (SSSR count). The molecule has 12 heteroatoms. The van der Waals surface area contributed by atoms with Crippen LogP contribution in [0.5, 0.6) is 11.6 Å². The van der Waals surface area contributed by atoms with E-state index in [4.69, 9.17) is 17.7 Å². The molecule has 0 aliphatic carbocycles. The number of hydrogen-bond donors (Lipinski definition) is 1. The van der Waals surface area contributed by atoms with E-state index in [0.29, 0.717) is 36.5 Å². The summed E-state index contributed by atoms with van der Waals surface area (Å²) in [5.74, 6) is 0.707. The third kappa shape index (κ3) is 9.74. The first kappa shape index (κ1) is 30.1. The fraction of sp³-hybridized carbons (Fsp3) is 0.400. The van der Waals surface area contributed by atoms with Crippen LogP contribution in [0.25, 0.3) is 0 Å². The number of alkyl halides is 1. The molecule has 0 spiro atoms. The summed E-state index contributed by atoms with van der Waals surface area (Å²) >= 11 is 0. The summed E-state index contributed by atoms with van der Waals surface area (Å²) in [5.41, 5.74) is 6.25. The molecule has 1 amide bonds. The van der Waals surface area contributed by atoms with Gasteiger partial charge in [0.05, 0.1) is 23.2 Å². The molecule has 2 atom stereocenters. The summed E-state index contributed by atoms with van der Waals surface area (Å²) in [6, 6.07) is 10.7. The first-order chi connectivity index (χ1) is 14.0. The van der Waals surface area contributed by atoms with Crippen LogP contribution in [0, 0.1) is 12.8 Å². The smallest absolute Gasteiger partial charge is 0.254 e. The van der Waals surface area contributed by atoms with Gasteiger partial charge in [-0.1, -0.05) is 13.0 Å². The van der Waals surface area contributed by atoms with Gasteiger partial charge in [-0.2, -0.15) is 27.0 Å². The number of ether oxygens (including phenoxy) is 1. The number of rotatable bonds is 4. The van der Waals surface area contributed by atoms with Crippen molar-refractivity contribution in [1.29, 1.82) is 0 Å². The average Bonchev–Trinajstić information content (AvgIpc) is 2.98. The van der Waals surface area contributed by atoms with Crippen LogP contribution in [0.4, 0.5) is 4.39 Å². The first-order valence-corrected chi connectivity index (χ1v) is 11.2. The van der Waals surface area contributed by atoms with Crippen molar-refractivity contribution in [2.45, 2.75) is 26.6 Å². The summed E-state index contributed by atoms with van der Waals surface area (Å²) in [5, 5.41) is 0. The number of amides is 1. The Morgan fingerprint density at radius 1 is 1.28 bits per heavy atom. The lowest BCUT2D eigenvalue weighted by atomic mass is 10.1. The second-order valence-electron chi connectivity index (χ2n) is 7.24. The number of likely N-dealkylation sites (tertiary alicyclic amines) is 1. The van der Waals surface area contributed by atoms with Gasteiger partial charge in [0, 0.05) is 41.6 Å². The fourth-order valence-electron chi connectivity index (χ4n) is 2.99. The number of aromatic nitrogens is 1. The Labute approximate surface area is 202 Å². The molecule has 3 N–H and O–H groups in total. The van der Waals surface area contributed by atoms with E-state index < -0.39 is 16.3 Å². The highest BCUT2D eigenvalue weighted by atomic mass is 32.2. The van der Waals surface area contributed by atoms with Gasteiger partial charge in [-0.3, -0.25) is 4.79 Å². The van der Waals surface area contributed by atoms with Crippen molar-refractivity contribution in [3.8, 4) is 11.6 Å². The molecule has 180 valence electrons. The minimum atomic E-state index is -3.92. The lowest BCUT2D eigenvalue weighted by Gasteiger charge is -2.16. The molecule has 1 aromatic carbocycles. The predicted octanol–water partition coefficient (Wildman–Crippen LogP) is 1.74. The topological polar surface area (TPSA) is 127 Å². The zero-order chi connectivity index (χ0) is 22.5. The quantitative estimate of drug-likeness (QED) is 0.628. The first-order valence-electron chi connectivity index (χ1n) is 9.35. The van der Waals surface area contributed by atoms with E-state index in [0.717, 1.165) is 11.3 Å². The van der Waals surface area contributed by atoms with E-state index in [-0.39, 0.29) is 45.4 Å². The van der Waals surface area contributed by atoms with Crippen molar-refractivity contribution in [3.05, 3.63) is 53.2 Å². The van der Waals surface area contributed by atoms with Crippen LogP contribution < -0.4 is 10.5 Å². The van der Waals surface area contributed by atoms with Crippen LogP contribution >= 0.6 is 27.0 Å². The van der Waals surface area contributed by atoms with Crippen molar-refractivity contribution < 1.29 is 32.6 Å². The Kier molecular flexibility index (Phi) is 12.2. The standard InChI is InChI=1S/C19H22FN3O2.CH4O3S.2H2S/c1-12-10-23(11-17(12)20)19(24)15-4-3-5-16(8-15)25-18-7-14(9-21)6-13(2)22-18;1-5(2,3)4;;/h3-8,12,17H,9-11,21H2,1-2H3;1H3,(H,2,3,4);2*1H2/t12-,17-;;;/m0.../s1. The fourth-order valence-corrected chi connectivity index (χ4v) is 2.99. The highest BCUT2D eigenvalue weighted by molar-refractivity contribution is 7.84. The summed E-state index contributed by atoms with van der Waals surface area (Å²) in [4.78, 5) is 18.5. The number of nitrogens with zero attached hydrogens (tertiary/aromatic N) is 2. The van der Waals surface area contributed by atoms with E-state index in [1.54, 1.807) is 29.2 Å². The van der Waals surface area contributed by atoms with E-state index in [2.05, 4.69) is 10.7 Å². The lowest BCUT2D eigenvalue weighted by molar-refractivity contribution is -0.386. The molecule has 2 aromatic rings. The van der Waals surface area contributed by atoms with E-state index in [9.17, 15) is 9.18 Å². The molecule has 32 heavy (non-hydrogen) atoms. The third-order valence-corrected chi connectivity index (χ3v) is 4.39. The maximum atomic E-state index is 13.7. The van der Waals surface area contributed by atoms with Crippen molar-refractivity contribution in [2.24, 2.45) is 5.92 Å². The Balaban J connectivity index is 0.00000124. The Morgan fingerprint density at radius 2 is 1.91 bits per heavy atom. The molecule has 1 saturated heterocycles. The third-order valence-electron chi connectivity index (χ3n) is 4.39. The second-order valence-corrected chi connectivity index (χ2v) is 8.65. The molecule has 8 nitrogen and oxygen atoms in total. The van der Waals surface area contributed by atoms with Gasteiger partial charge in [-0.25, -0.2) is 17.8 Å². The lowest BCUT2D eigenvalue weighted by Crippen LogP contribution is -2.47. The van der Waals surface area contributed by atoms with Crippen LogP contribution in [0.2, 0.25) is 0 Å². The van der Waals surface area contributed by atoms with Crippen molar-refractivity contribution in [3.63, 3.8) is 0 Å². The molecule has 1 aliphatic rings. The van der Waals surface area contributed by atoms with Gasteiger partial charge >= 0.3 is 0 Å². The molecule has 0 unspecified atom stereocenters. The van der Waals surface area contributed by atoms with Crippen LogP contribution in [-0.2, 0) is 16.7 Å². The van der Waals surface area contributed by atoms with Gasteiger partial charge in [0.2, 0.25) is 5.88 Å². The van der Waals surface area contributed by atoms with Crippen LogP contribution in [-0.4, -0.2) is 54.3 Å². The zero-order valence-corrected chi connectivity index (χ0v) is 21.0. The molecular formula is C20H30FN3O5S3. The second kappa shape index (κ2) is 13.0. The van der Waals surface area contributed by atoms with Gasteiger partial charge in [0.15, 0.2) is 0 Å². The summed E-state index contributed by atoms with van der Waals surface area (Å²) in [7, 11) is -3.92. The number of hydrogen-bond acceptors (Lipinski definition) is 6. The van der Waals surface area contributed by atoms with E-state index >= 15 is 0 Å². The SMILES string of the molecule is CS(=O)(=O)[O-].Cc1cc(C[NH3+])cc(Oc2cccc(C(=O)N3C[C@H](C)[C@@H](F)C3)c2)n1.S.S. The molecule has 0 radical (unpaired) electrons. The maximum absolute atomic E-state index is 13.7. The minimum Gasteiger partial charge on any atom is -0.748 e. The maximum Gasteiger partial charge on any atom is 0.254 e. The molecule has 1 aliphatic heterocycles. The normalized spacial score (nSPS) is 17.4. The number of carbonyl (C=O) groups is 1. The van der Waals surface area contributed by atoms with Gasteiger partial charge in [0.1, 0.15) is 11.9 Å². The van der Waals surface area contributed by atoms with E-state index in [1.165, 1.54) is 0 Å². The van der Waals surface area contributed by atoms with Gasteiger partial charge in [0.25, 0.3) is 5.91 Å². The Bertz CT molecular complexity index is 990. The average molecular weight is 508 g/mol. The molecule has 0 saturated carbocycles. The number of quaternary nitrogens is 1. The van der Waals surface area contributed by atoms with E-state index in [1.807, 2.05) is 26.0 Å². The molecule has 1 fully saturated rings. The Hall–Kier alpha value is -1.86. The van der Waals surface area contributed by atoms with Crippen molar-refractivity contribution in [2.75, 3.05) is 19.3 Å². The summed E-state index contributed by atoms with van der Waals surface area (Å²) in [6.07, 6.45) is -0.353. The molecule has 0 bridgehead atoms. The summed E-state index contributed by atoms with van der Waals surface area (Å²) in [6.45, 7) is 4.96. The van der Waals surface area contributed by atoms with Gasteiger partial charge in [-0.05, 0) is 31.2 Å². The van der Waals surface area contributed by atoms with Crippen molar-refractivity contribution >= 4 is 43.0 Å². The number of halogens is 1. The van der Waals surface area contributed by atoms with Crippen LogP contribution in [0.3, 0.4) is 0 Å². The zero-order valence-electron chi connectivity index (χ0n) is 18.2. The number of pyridine rings is 1. The number of benzene rings is 1. The molecule has 2 heterocycles. The Morgan fingerprint density at radius 3 is 2.44 bits per heavy atom. The van der Waals surface area contributed by atoms with Gasteiger partial charge in [-0.15, -0.1) is 0 Å². The highest BCUT2D eigenvalue weighted by Gasteiger charge is 2.32. The van der Waals surface area contributed by atoms with Crippen LogP contribution in [0.15, 0.2) is 36.4 Å². The monoisotopic (exact) mass is 507 g/mol. The molecule has 1 aromatic heterocycles. The molecular weight excluding hydrogens is 477 g/mol. The predicted molar refractivity (Wildman–Crippen MR) is 128 cm³/mol. The number of aryl methyl sites for hydroxylation is 1. The summed E-state index contributed by atoms with van der Waals surface area (Å²) < 4.78 is 46.7. The minimum absolute atomic E-state index is 0. The highest BCUT2D eigenvalue weighted by Crippen LogP contribution is 2.25. The van der Waals surface area contributed by atoms with Crippen LogP contribution in [0.1, 0.15) is 28.5 Å².